The van der Waals surface area contributed by atoms with Gasteiger partial charge in [-0.25, -0.2) is 8.42 Å². The van der Waals surface area contributed by atoms with E-state index >= 15 is 0 Å². The van der Waals surface area contributed by atoms with Crippen LogP contribution < -0.4 is 4.31 Å². The Kier molecular flexibility index (Phi) is 8.89. The third kappa shape index (κ3) is 7.11. The smallest absolute Gasteiger partial charge is 0.264 e. The van der Waals surface area contributed by atoms with Crippen LogP contribution in [0.3, 0.4) is 0 Å². The molecule has 0 aromatic heterocycles. The van der Waals surface area contributed by atoms with Gasteiger partial charge >= 0.3 is 0 Å². The Balaban J connectivity index is 2.31. The van der Waals surface area contributed by atoms with Gasteiger partial charge in [0.25, 0.3) is 10.0 Å². The number of rotatable bonds is 11. The zero-order valence-electron chi connectivity index (χ0n) is 18.8. The fourth-order valence-corrected chi connectivity index (χ4v) is 5.16. The molecule has 2 aromatic carbocycles. The summed E-state index contributed by atoms with van der Waals surface area (Å²) >= 11 is 0. The average molecular weight is 433 g/mol. The third-order valence-corrected chi connectivity index (χ3v) is 6.52. The lowest BCUT2D eigenvalue weighted by atomic mass is 10.1. The van der Waals surface area contributed by atoms with E-state index in [1.807, 2.05) is 25.1 Å². The number of benzene rings is 2. The van der Waals surface area contributed by atoms with Crippen LogP contribution in [0.15, 0.2) is 59.5 Å². The molecule has 0 radical (unpaired) electrons. The van der Waals surface area contributed by atoms with Crippen molar-refractivity contribution in [2.75, 3.05) is 30.5 Å². The van der Waals surface area contributed by atoms with Crippen LogP contribution in [0.25, 0.3) is 0 Å². The Morgan fingerprint density at radius 3 is 1.97 bits per heavy atom. The lowest BCUT2D eigenvalue weighted by Crippen LogP contribution is -2.44. The first kappa shape index (κ1) is 24.4. The summed E-state index contributed by atoms with van der Waals surface area (Å²) in [7, 11) is -3.79. The summed E-state index contributed by atoms with van der Waals surface area (Å²) in [5, 5.41) is 10.9. The van der Waals surface area contributed by atoms with Crippen LogP contribution in [0.1, 0.15) is 33.3 Å². The van der Waals surface area contributed by atoms with Gasteiger partial charge in [0.05, 0.1) is 23.2 Å². The molecule has 0 saturated carbocycles. The topological polar surface area (TPSA) is 60.9 Å². The van der Waals surface area contributed by atoms with Crippen molar-refractivity contribution in [3.63, 3.8) is 0 Å². The zero-order valence-corrected chi connectivity index (χ0v) is 19.6. The highest BCUT2D eigenvalue weighted by Crippen LogP contribution is 2.25. The van der Waals surface area contributed by atoms with Gasteiger partial charge in [0.1, 0.15) is 0 Å². The van der Waals surface area contributed by atoms with Crippen molar-refractivity contribution in [2.45, 2.75) is 45.6 Å². The molecule has 5 nitrogen and oxygen atoms in total. The van der Waals surface area contributed by atoms with E-state index in [-0.39, 0.29) is 11.4 Å². The van der Waals surface area contributed by atoms with E-state index in [0.29, 0.717) is 24.1 Å². The van der Waals surface area contributed by atoms with E-state index in [1.54, 1.807) is 36.4 Å². The fraction of sp³-hybridized carbons (Fsp3) is 0.500. The molecule has 6 heteroatoms. The summed E-state index contributed by atoms with van der Waals surface area (Å²) in [6.07, 6.45) is -0.804. The normalized spacial score (nSPS) is 13.2. The Morgan fingerprint density at radius 2 is 1.43 bits per heavy atom. The minimum absolute atomic E-state index is 0.00731. The van der Waals surface area contributed by atoms with Gasteiger partial charge in [0, 0.05) is 19.6 Å². The summed E-state index contributed by atoms with van der Waals surface area (Å²) in [6, 6.07) is 15.8. The highest BCUT2D eigenvalue weighted by atomic mass is 32.2. The molecule has 0 aliphatic carbocycles. The van der Waals surface area contributed by atoms with Crippen LogP contribution in [0.2, 0.25) is 0 Å². The van der Waals surface area contributed by atoms with E-state index in [0.717, 1.165) is 18.7 Å². The summed E-state index contributed by atoms with van der Waals surface area (Å²) in [5.74, 6) is 0.939. The highest BCUT2D eigenvalue weighted by molar-refractivity contribution is 7.92. The van der Waals surface area contributed by atoms with Crippen LogP contribution >= 0.6 is 0 Å². The van der Waals surface area contributed by atoms with Gasteiger partial charge < -0.3 is 10.0 Å². The van der Waals surface area contributed by atoms with Gasteiger partial charge in [-0.15, -0.1) is 0 Å². The van der Waals surface area contributed by atoms with E-state index in [2.05, 4.69) is 32.6 Å². The summed E-state index contributed by atoms with van der Waals surface area (Å²) in [6.45, 7) is 12.7. The largest absolute Gasteiger partial charge is 0.390 e. The van der Waals surface area contributed by atoms with Gasteiger partial charge in [-0.1, -0.05) is 58.0 Å². The van der Waals surface area contributed by atoms with Gasteiger partial charge in [0.15, 0.2) is 0 Å². The molecule has 0 bridgehead atoms. The molecular weight excluding hydrogens is 396 g/mol. The van der Waals surface area contributed by atoms with E-state index in [1.165, 1.54) is 4.31 Å². The lowest BCUT2D eigenvalue weighted by molar-refractivity contribution is 0.104. The Bertz CT molecular complexity index is 872. The molecule has 0 aliphatic rings. The first-order chi connectivity index (χ1) is 14.1. The molecule has 2 aromatic rings. The molecule has 30 heavy (non-hydrogen) atoms. The first-order valence-corrected chi connectivity index (χ1v) is 12.1. The van der Waals surface area contributed by atoms with Crippen molar-refractivity contribution >= 4 is 15.7 Å². The quantitative estimate of drug-likeness (QED) is 0.579. The van der Waals surface area contributed by atoms with E-state index < -0.39 is 16.1 Å². The predicted molar refractivity (Wildman–Crippen MR) is 124 cm³/mol. The molecule has 1 N–H and O–H groups in total. The lowest BCUT2D eigenvalue weighted by Gasteiger charge is -2.31. The average Bonchev–Trinajstić information content (AvgIpc) is 2.65. The number of anilines is 1. The zero-order chi connectivity index (χ0) is 22.3. The number of hydrogen-bond donors (Lipinski definition) is 1. The van der Waals surface area contributed by atoms with Gasteiger partial charge in [-0.05, 0) is 48.6 Å². The Labute approximate surface area is 182 Å². The summed E-state index contributed by atoms with van der Waals surface area (Å²) in [5.41, 5.74) is 1.54. The SMILES string of the molecule is Cc1cccc(N(C[C@@H](O)CN(CC(C)C)CC(C)C)S(=O)(=O)c2ccccc2)c1. The predicted octanol–water partition coefficient (Wildman–Crippen LogP) is 4.17. The van der Waals surface area contributed by atoms with Crippen LogP contribution in [0.5, 0.6) is 0 Å². The summed E-state index contributed by atoms with van der Waals surface area (Å²) < 4.78 is 28.2. The standard InChI is InChI=1S/C24H36N2O3S/c1-19(2)15-25(16-20(3)4)17-23(27)18-26(22-11-9-10-21(5)14-22)30(28,29)24-12-7-6-8-13-24/h6-14,19-20,23,27H,15-18H2,1-5H3/t23-/m0/s1. The summed E-state index contributed by atoms with van der Waals surface area (Å²) in [4.78, 5) is 2.45. The fourth-order valence-electron chi connectivity index (χ4n) is 3.65. The van der Waals surface area contributed by atoms with Crippen LogP contribution in [0.4, 0.5) is 5.69 Å². The van der Waals surface area contributed by atoms with Crippen molar-refractivity contribution in [1.29, 1.82) is 0 Å². The number of hydrogen-bond acceptors (Lipinski definition) is 4. The van der Waals surface area contributed by atoms with Gasteiger partial charge in [0.2, 0.25) is 0 Å². The van der Waals surface area contributed by atoms with Crippen molar-refractivity contribution in [2.24, 2.45) is 11.8 Å². The van der Waals surface area contributed by atoms with Crippen molar-refractivity contribution in [3.05, 3.63) is 60.2 Å². The molecule has 2 rings (SSSR count). The maximum atomic E-state index is 13.4. The maximum absolute atomic E-state index is 13.4. The number of aryl methyl sites for hydroxylation is 1. The number of nitrogens with zero attached hydrogens (tertiary/aromatic N) is 2. The molecular formula is C24H36N2O3S. The molecule has 0 amide bonds. The number of aliphatic hydroxyl groups is 1. The van der Waals surface area contributed by atoms with Crippen LogP contribution in [-0.2, 0) is 10.0 Å². The minimum Gasteiger partial charge on any atom is -0.390 e. The highest BCUT2D eigenvalue weighted by Gasteiger charge is 2.28. The number of aliphatic hydroxyl groups excluding tert-OH is 1. The minimum atomic E-state index is -3.79. The first-order valence-electron chi connectivity index (χ1n) is 10.6. The van der Waals surface area contributed by atoms with Crippen LogP contribution in [0, 0.1) is 18.8 Å². The molecule has 0 heterocycles. The third-order valence-electron chi connectivity index (χ3n) is 4.71. The Hall–Kier alpha value is -1.89. The molecule has 0 spiro atoms. The molecule has 0 saturated heterocycles. The van der Waals surface area contributed by atoms with Crippen LogP contribution in [-0.4, -0.2) is 50.7 Å². The second-order valence-electron chi connectivity index (χ2n) is 8.85. The van der Waals surface area contributed by atoms with Gasteiger partial charge in [-0.3, -0.25) is 4.31 Å². The van der Waals surface area contributed by atoms with E-state index in [9.17, 15) is 13.5 Å². The second kappa shape index (κ2) is 10.9. The number of sulfonamides is 1. The molecule has 1 atom stereocenters. The molecule has 0 fully saturated rings. The molecule has 0 aliphatic heterocycles. The van der Waals surface area contributed by atoms with Gasteiger partial charge in [-0.2, -0.15) is 0 Å². The molecule has 0 unspecified atom stereocenters. The monoisotopic (exact) mass is 432 g/mol. The van der Waals surface area contributed by atoms with Crippen molar-refractivity contribution < 1.29 is 13.5 Å². The van der Waals surface area contributed by atoms with Crippen molar-refractivity contribution in [3.8, 4) is 0 Å². The molecule has 166 valence electrons. The van der Waals surface area contributed by atoms with E-state index in [4.69, 9.17) is 0 Å². The van der Waals surface area contributed by atoms with Crippen molar-refractivity contribution in [1.82, 2.24) is 4.90 Å². The Morgan fingerprint density at radius 1 is 0.833 bits per heavy atom. The second-order valence-corrected chi connectivity index (χ2v) is 10.7. The maximum Gasteiger partial charge on any atom is 0.264 e.